The van der Waals surface area contributed by atoms with E-state index in [1.54, 1.807) is 11.8 Å². The van der Waals surface area contributed by atoms with Gasteiger partial charge in [0.05, 0.1) is 6.04 Å². The van der Waals surface area contributed by atoms with Gasteiger partial charge in [-0.05, 0) is 39.3 Å². The highest BCUT2D eigenvalue weighted by Crippen LogP contribution is 2.22. The second kappa shape index (κ2) is 5.69. The monoisotopic (exact) mass is 253 g/mol. The molecule has 2 rings (SSSR count). The molecule has 2 saturated heterocycles. The van der Waals surface area contributed by atoms with E-state index in [2.05, 4.69) is 17.3 Å². The average Bonchev–Trinajstić information content (AvgIpc) is 2.68. The van der Waals surface area contributed by atoms with Gasteiger partial charge in [0.25, 0.3) is 0 Å². The molecule has 2 aliphatic heterocycles. The molecule has 5 heteroatoms. The van der Waals surface area contributed by atoms with Crippen molar-refractivity contribution < 1.29 is 9.59 Å². The van der Waals surface area contributed by atoms with Gasteiger partial charge in [0.1, 0.15) is 5.78 Å². The number of amides is 2. The van der Waals surface area contributed by atoms with Crippen LogP contribution in [0, 0.1) is 5.92 Å². The first kappa shape index (κ1) is 13.3. The molecule has 102 valence electrons. The number of hydrogen-bond acceptors (Lipinski definition) is 3. The van der Waals surface area contributed by atoms with Crippen molar-refractivity contribution in [2.75, 3.05) is 33.2 Å². The number of urea groups is 1. The molecule has 2 amide bonds. The molecule has 2 unspecified atom stereocenters. The fourth-order valence-corrected chi connectivity index (χ4v) is 2.90. The third kappa shape index (κ3) is 3.22. The Balaban J connectivity index is 1.85. The molecule has 5 nitrogen and oxygen atoms in total. The molecule has 1 N–H and O–H groups in total. The lowest BCUT2D eigenvalue weighted by Gasteiger charge is -2.32. The van der Waals surface area contributed by atoms with E-state index in [-0.39, 0.29) is 17.9 Å². The number of carbonyl (C=O) groups is 2. The zero-order valence-electron chi connectivity index (χ0n) is 11.3. The number of hydrogen-bond donors (Lipinski definition) is 1. The fourth-order valence-electron chi connectivity index (χ4n) is 2.90. The molecule has 2 fully saturated rings. The topological polar surface area (TPSA) is 52.7 Å². The van der Waals surface area contributed by atoms with Gasteiger partial charge in [-0.15, -0.1) is 0 Å². The van der Waals surface area contributed by atoms with Crippen LogP contribution in [0.5, 0.6) is 0 Å². The number of carbonyl (C=O) groups excluding carboxylic acids is 2. The smallest absolute Gasteiger partial charge is 0.317 e. The zero-order chi connectivity index (χ0) is 13.1. The van der Waals surface area contributed by atoms with Crippen LogP contribution in [0.4, 0.5) is 4.79 Å². The highest BCUT2D eigenvalue weighted by molar-refractivity contribution is 5.79. The summed E-state index contributed by atoms with van der Waals surface area (Å²) in [6.45, 7) is 5.10. The Morgan fingerprint density at radius 3 is 2.89 bits per heavy atom. The standard InChI is InChI=1S/C13H23N3O2/c1-10(17)5-7-16-9-12(14-13(16)18)11-4-3-6-15(2)8-11/h11-12H,3-9H2,1-2H3,(H,14,18). The Morgan fingerprint density at radius 1 is 1.44 bits per heavy atom. The van der Waals surface area contributed by atoms with Crippen molar-refractivity contribution in [3.05, 3.63) is 0 Å². The summed E-state index contributed by atoms with van der Waals surface area (Å²) in [5, 5.41) is 3.07. The average molecular weight is 253 g/mol. The molecule has 0 aromatic heterocycles. The molecule has 0 aromatic rings. The molecular weight excluding hydrogens is 230 g/mol. The van der Waals surface area contributed by atoms with Gasteiger partial charge >= 0.3 is 6.03 Å². The number of nitrogens with one attached hydrogen (secondary N) is 1. The first-order chi connectivity index (χ1) is 8.56. The molecule has 0 aliphatic carbocycles. The fraction of sp³-hybridized carbons (Fsp3) is 0.846. The molecule has 2 aliphatic rings. The van der Waals surface area contributed by atoms with Gasteiger partial charge in [0, 0.05) is 26.1 Å². The lowest BCUT2D eigenvalue weighted by atomic mass is 9.91. The predicted molar refractivity (Wildman–Crippen MR) is 69.4 cm³/mol. The highest BCUT2D eigenvalue weighted by Gasteiger charge is 2.35. The Kier molecular flexibility index (Phi) is 4.22. The van der Waals surface area contributed by atoms with E-state index in [4.69, 9.17) is 0 Å². The maximum absolute atomic E-state index is 11.8. The Bertz CT molecular complexity index is 332. The first-order valence-electron chi connectivity index (χ1n) is 6.79. The lowest BCUT2D eigenvalue weighted by molar-refractivity contribution is -0.117. The third-order valence-corrected chi connectivity index (χ3v) is 3.98. The summed E-state index contributed by atoms with van der Waals surface area (Å²) < 4.78 is 0. The number of likely N-dealkylation sites (tertiary alicyclic amines) is 1. The molecular formula is C13H23N3O2. The van der Waals surface area contributed by atoms with Crippen LogP contribution in [-0.4, -0.2) is 60.9 Å². The van der Waals surface area contributed by atoms with E-state index in [1.165, 1.54) is 12.8 Å². The van der Waals surface area contributed by atoms with Crippen molar-refractivity contribution in [1.29, 1.82) is 0 Å². The number of rotatable bonds is 4. The van der Waals surface area contributed by atoms with Crippen LogP contribution in [0.25, 0.3) is 0 Å². The van der Waals surface area contributed by atoms with Crippen molar-refractivity contribution in [2.45, 2.75) is 32.2 Å². The minimum absolute atomic E-state index is 0.00511. The van der Waals surface area contributed by atoms with Crippen molar-refractivity contribution in [3.63, 3.8) is 0 Å². The van der Waals surface area contributed by atoms with Crippen LogP contribution in [-0.2, 0) is 4.79 Å². The van der Waals surface area contributed by atoms with Gasteiger partial charge in [-0.3, -0.25) is 4.79 Å². The van der Waals surface area contributed by atoms with E-state index in [1.807, 2.05) is 0 Å². The van der Waals surface area contributed by atoms with Crippen LogP contribution in [0.3, 0.4) is 0 Å². The van der Waals surface area contributed by atoms with Crippen molar-refractivity contribution in [1.82, 2.24) is 15.1 Å². The van der Waals surface area contributed by atoms with Crippen LogP contribution >= 0.6 is 0 Å². The van der Waals surface area contributed by atoms with Crippen molar-refractivity contribution >= 4 is 11.8 Å². The summed E-state index contributed by atoms with van der Waals surface area (Å²) in [5.41, 5.74) is 0. The minimum atomic E-state index is -0.00511. The number of ketones is 1. The maximum atomic E-state index is 11.8. The van der Waals surface area contributed by atoms with E-state index in [0.717, 1.165) is 19.6 Å². The summed E-state index contributed by atoms with van der Waals surface area (Å²) >= 11 is 0. The summed E-state index contributed by atoms with van der Waals surface area (Å²) in [7, 11) is 2.14. The number of nitrogens with zero attached hydrogens (tertiary/aromatic N) is 2. The second-order valence-electron chi connectivity index (χ2n) is 5.62. The quantitative estimate of drug-likeness (QED) is 0.802. The predicted octanol–water partition coefficient (Wildman–Crippen LogP) is 0.701. The first-order valence-corrected chi connectivity index (χ1v) is 6.79. The van der Waals surface area contributed by atoms with Crippen LogP contribution in [0.15, 0.2) is 0 Å². The van der Waals surface area contributed by atoms with Gasteiger partial charge in [-0.2, -0.15) is 0 Å². The van der Waals surface area contributed by atoms with E-state index in [9.17, 15) is 9.59 Å². The van der Waals surface area contributed by atoms with Gasteiger partial charge in [-0.1, -0.05) is 0 Å². The molecule has 2 atom stereocenters. The van der Waals surface area contributed by atoms with Gasteiger partial charge in [0.15, 0.2) is 0 Å². The van der Waals surface area contributed by atoms with Gasteiger partial charge in [0.2, 0.25) is 0 Å². The Morgan fingerprint density at radius 2 is 2.22 bits per heavy atom. The third-order valence-electron chi connectivity index (χ3n) is 3.98. The molecule has 0 aromatic carbocycles. The molecule has 0 spiro atoms. The van der Waals surface area contributed by atoms with Crippen LogP contribution in [0.2, 0.25) is 0 Å². The normalized spacial score (nSPS) is 29.4. The van der Waals surface area contributed by atoms with Crippen molar-refractivity contribution in [2.24, 2.45) is 5.92 Å². The largest absolute Gasteiger partial charge is 0.333 e. The van der Waals surface area contributed by atoms with E-state index < -0.39 is 0 Å². The number of piperidine rings is 1. The second-order valence-corrected chi connectivity index (χ2v) is 5.62. The summed E-state index contributed by atoms with van der Waals surface area (Å²) in [4.78, 5) is 26.9. The van der Waals surface area contributed by atoms with Crippen LogP contribution < -0.4 is 5.32 Å². The SMILES string of the molecule is CC(=O)CCN1CC(C2CCCN(C)C2)NC1=O. The van der Waals surface area contributed by atoms with Gasteiger partial charge in [-0.25, -0.2) is 4.79 Å². The van der Waals surface area contributed by atoms with E-state index in [0.29, 0.717) is 18.9 Å². The molecule has 0 radical (unpaired) electrons. The van der Waals surface area contributed by atoms with E-state index >= 15 is 0 Å². The summed E-state index contributed by atoms with van der Waals surface area (Å²) in [6, 6.07) is 0.252. The zero-order valence-corrected chi connectivity index (χ0v) is 11.3. The van der Waals surface area contributed by atoms with Gasteiger partial charge < -0.3 is 15.1 Å². The van der Waals surface area contributed by atoms with Crippen LogP contribution in [0.1, 0.15) is 26.2 Å². The minimum Gasteiger partial charge on any atom is -0.333 e. The maximum Gasteiger partial charge on any atom is 0.317 e. The molecule has 0 bridgehead atoms. The van der Waals surface area contributed by atoms with Crippen molar-refractivity contribution in [3.8, 4) is 0 Å². The molecule has 0 saturated carbocycles. The number of Topliss-reactive ketones (excluding diaryl/α,β-unsaturated/α-hetero) is 1. The Labute approximate surface area is 108 Å². The summed E-state index contributed by atoms with van der Waals surface area (Å²) in [6.07, 6.45) is 2.86. The molecule has 2 heterocycles. The molecule has 18 heavy (non-hydrogen) atoms. The highest BCUT2D eigenvalue weighted by atomic mass is 16.2. The summed E-state index contributed by atoms with van der Waals surface area (Å²) in [5.74, 6) is 0.693. The lowest BCUT2D eigenvalue weighted by Crippen LogP contribution is -2.43. The Hall–Kier alpha value is -1.10.